The van der Waals surface area contributed by atoms with Gasteiger partial charge in [0.2, 0.25) is 0 Å². The van der Waals surface area contributed by atoms with Crippen molar-refractivity contribution >= 4 is 0 Å². The van der Waals surface area contributed by atoms with E-state index in [-0.39, 0.29) is 0 Å². The monoisotopic (exact) mass is 273 g/mol. The van der Waals surface area contributed by atoms with Crippen molar-refractivity contribution in [3.63, 3.8) is 0 Å². The van der Waals surface area contributed by atoms with Crippen LogP contribution in [-0.4, -0.2) is 13.1 Å². The zero-order valence-electron chi connectivity index (χ0n) is 13.3. The highest BCUT2D eigenvalue weighted by Crippen LogP contribution is 2.34. The predicted octanol–water partition coefficient (Wildman–Crippen LogP) is 4.81. The van der Waals surface area contributed by atoms with Gasteiger partial charge in [0.25, 0.3) is 0 Å². The van der Waals surface area contributed by atoms with E-state index in [9.17, 15) is 0 Å². The first-order chi connectivity index (χ1) is 9.83. The van der Waals surface area contributed by atoms with Gasteiger partial charge in [-0.3, -0.25) is 0 Å². The van der Waals surface area contributed by atoms with Gasteiger partial charge in [0, 0.05) is 6.04 Å². The second kappa shape index (κ2) is 8.46. The lowest BCUT2D eigenvalue weighted by Gasteiger charge is -2.34. The van der Waals surface area contributed by atoms with Crippen molar-refractivity contribution in [2.24, 2.45) is 11.8 Å². The average molecular weight is 273 g/mol. The maximum Gasteiger partial charge on any atom is 0.00954 e. The zero-order chi connectivity index (χ0) is 14.2. The molecule has 0 bridgehead atoms. The number of nitrogens with one attached hydrogen (secondary N) is 1. The van der Waals surface area contributed by atoms with E-state index in [0.29, 0.717) is 6.04 Å². The summed E-state index contributed by atoms with van der Waals surface area (Å²) in [5, 5.41) is 3.59. The molecule has 1 aromatic rings. The van der Waals surface area contributed by atoms with Crippen LogP contribution in [0.3, 0.4) is 0 Å². The van der Waals surface area contributed by atoms with Crippen molar-refractivity contribution in [1.82, 2.24) is 5.32 Å². The highest BCUT2D eigenvalue weighted by molar-refractivity contribution is 5.14. The Morgan fingerprint density at radius 3 is 2.40 bits per heavy atom. The Kier molecular flexibility index (Phi) is 6.59. The maximum absolute atomic E-state index is 3.59. The van der Waals surface area contributed by atoms with Gasteiger partial charge in [-0.25, -0.2) is 0 Å². The summed E-state index contributed by atoms with van der Waals surface area (Å²) in [5.41, 5.74) is 1.48. The molecule has 1 aromatic carbocycles. The molecule has 1 unspecified atom stereocenters. The van der Waals surface area contributed by atoms with Gasteiger partial charge >= 0.3 is 0 Å². The lowest BCUT2D eigenvalue weighted by atomic mass is 9.76. The smallest absolute Gasteiger partial charge is 0.00954 e. The summed E-state index contributed by atoms with van der Waals surface area (Å²) in [6, 6.07) is 11.6. The molecule has 2 rings (SSSR count). The van der Waals surface area contributed by atoms with Crippen LogP contribution in [0.2, 0.25) is 0 Å². The van der Waals surface area contributed by atoms with E-state index in [4.69, 9.17) is 0 Å². The van der Waals surface area contributed by atoms with E-state index < -0.39 is 0 Å². The van der Waals surface area contributed by atoms with Crippen LogP contribution in [0, 0.1) is 11.8 Å². The fourth-order valence-electron chi connectivity index (χ4n) is 3.87. The molecule has 1 N–H and O–H groups in total. The average Bonchev–Trinajstić information content (AvgIpc) is 2.51. The van der Waals surface area contributed by atoms with Crippen molar-refractivity contribution in [3.8, 4) is 0 Å². The maximum atomic E-state index is 3.59. The standard InChI is InChI=1S/C19H31N/c1-3-7-16-10-13-18(14-11-16)19(20-2)15-12-17-8-5-4-6-9-17/h4-6,8-9,16,18-20H,3,7,10-15H2,1-2H3. The first kappa shape index (κ1) is 15.6. The molecule has 1 aliphatic carbocycles. The number of hydrogen-bond acceptors (Lipinski definition) is 1. The van der Waals surface area contributed by atoms with Crippen molar-refractivity contribution < 1.29 is 0 Å². The summed E-state index contributed by atoms with van der Waals surface area (Å²) in [6.07, 6.45) is 11.1. The minimum absolute atomic E-state index is 0.706. The molecule has 0 saturated heterocycles. The second-order valence-electron chi connectivity index (χ2n) is 6.49. The molecule has 0 spiro atoms. The summed E-state index contributed by atoms with van der Waals surface area (Å²) in [7, 11) is 2.15. The predicted molar refractivity (Wildman–Crippen MR) is 88.0 cm³/mol. The molecule has 1 fully saturated rings. The van der Waals surface area contributed by atoms with Crippen LogP contribution >= 0.6 is 0 Å². The lowest BCUT2D eigenvalue weighted by molar-refractivity contribution is 0.212. The molecule has 0 radical (unpaired) electrons. The molecule has 20 heavy (non-hydrogen) atoms. The van der Waals surface area contributed by atoms with Gasteiger partial charge in [-0.05, 0) is 50.1 Å². The molecule has 1 nitrogen and oxygen atoms in total. The molecule has 1 heteroatoms. The minimum atomic E-state index is 0.706. The first-order valence-electron chi connectivity index (χ1n) is 8.54. The summed E-state index contributed by atoms with van der Waals surface area (Å²) in [4.78, 5) is 0. The van der Waals surface area contributed by atoms with Gasteiger partial charge in [-0.15, -0.1) is 0 Å². The highest BCUT2D eigenvalue weighted by atomic mass is 14.9. The Morgan fingerprint density at radius 1 is 1.10 bits per heavy atom. The first-order valence-corrected chi connectivity index (χ1v) is 8.54. The Balaban J connectivity index is 1.77. The van der Waals surface area contributed by atoms with Crippen LogP contribution in [0.5, 0.6) is 0 Å². The van der Waals surface area contributed by atoms with Crippen molar-refractivity contribution in [1.29, 1.82) is 0 Å². The molecular weight excluding hydrogens is 242 g/mol. The Bertz CT molecular complexity index is 351. The topological polar surface area (TPSA) is 12.0 Å². The van der Waals surface area contributed by atoms with E-state index in [2.05, 4.69) is 49.6 Å². The van der Waals surface area contributed by atoms with Gasteiger partial charge in [-0.1, -0.05) is 62.9 Å². The van der Waals surface area contributed by atoms with Gasteiger partial charge in [-0.2, -0.15) is 0 Å². The van der Waals surface area contributed by atoms with Crippen molar-refractivity contribution in [2.75, 3.05) is 7.05 Å². The number of aryl methyl sites for hydroxylation is 1. The summed E-state index contributed by atoms with van der Waals surface area (Å²) < 4.78 is 0. The van der Waals surface area contributed by atoms with Crippen LogP contribution in [-0.2, 0) is 6.42 Å². The third-order valence-electron chi connectivity index (χ3n) is 5.12. The number of hydrogen-bond donors (Lipinski definition) is 1. The molecule has 0 aromatic heterocycles. The van der Waals surface area contributed by atoms with Crippen LogP contribution in [0.25, 0.3) is 0 Å². The molecule has 1 saturated carbocycles. The second-order valence-corrected chi connectivity index (χ2v) is 6.49. The SMILES string of the molecule is CCCC1CCC(C(CCc2ccccc2)NC)CC1. The van der Waals surface area contributed by atoms with E-state index in [1.54, 1.807) is 0 Å². The molecule has 1 aliphatic rings. The fraction of sp³-hybridized carbons (Fsp3) is 0.684. The van der Waals surface area contributed by atoms with Crippen LogP contribution in [0.4, 0.5) is 0 Å². The quantitative estimate of drug-likeness (QED) is 0.751. The molecular formula is C19H31N. The Labute approximate surface area is 125 Å². The molecule has 112 valence electrons. The third-order valence-corrected chi connectivity index (χ3v) is 5.12. The molecule has 0 amide bonds. The minimum Gasteiger partial charge on any atom is -0.317 e. The van der Waals surface area contributed by atoms with Gasteiger partial charge in [0.05, 0.1) is 0 Å². The van der Waals surface area contributed by atoms with E-state index in [1.807, 2.05) is 0 Å². The molecule has 0 aliphatic heterocycles. The van der Waals surface area contributed by atoms with E-state index >= 15 is 0 Å². The zero-order valence-corrected chi connectivity index (χ0v) is 13.3. The van der Waals surface area contributed by atoms with Gasteiger partial charge in [0.15, 0.2) is 0 Å². The Morgan fingerprint density at radius 2 is 1.80 bits per heavy atom. The van der Waals surface area contributed by atoms with Crippen LogP contribution in [0.1, 0.15) is 57.4 Å². The van der Waals surface area contributed by atoms with E-state index in [1.165, 1.54) is 56.9 Å². The molecule has 0 heterocycles. The number of benzene rings is 1. The normalized spacial score (nSPS) is 24.5. The Hall–Kier alpha value is -0.820. The summed E-state index contributed by atoms with van der Waals surface area (Å²) >= 11 is 0. The largest absolute Gasteiger partial charge is 0.317 e. The summed E-state index contributed by atoms with van der Waals surface area (Å²) in [5.74, 6) is 1.92. The van der Waals surface area contributed by atoms with Crippen LogP contribution < -0.4 is 5.32 Å². The van der Waals surface area contributed by atoms with Crippen LogP contribution in [0.15, 0.2) is 30.3 Å². The lowest BCUT2D eigenvalue weighted by Crippen LogP contribution is -2.36. The highest BCUT2D eigenvalue weighted by Gasteiger charge is 2.26. The van der Waals surface area contributed by atoms with E-state index in [0.717, 1.165) is 11.8 Å². The van der Waals surface area contributed by atoms with Gasteiger partial charge < -0.3 is 5.32 Å². The number of rotatable bonds is 7. The van der Waals surface area contributed by atoms with Gasteiger partial charge in [0.1, 0.15) is 0 Å². The summed E-state index contributed by atoms with van der Waals surface area (Å²) in [6.45, 7) is 2.32. The third kappa shape index (κ3) is 4.63. The van der Waals surface area contributed by atoms with Crippen molar-refractivity contribution in [3.05, 3.63) is 35.9 Å². The van der Waals surface area contributed by atoms with Crippen molar-refractivity contribution in [2.45, 2.75) is 64.3 Å². The molecule has 1 atom stereocenters. The fourth-order valence-corrected chi connectivity index (χ4v) is 3.87.